The Labute approximate surface area is 130 Å². The van der Waals surface area contributed by atoms with Crippen LogP contribution in [0.4, 0.5) is 0 Å². The molecule has 2 nitrogen and oxygen atoms in total. The third kappa shape index (κ3) is 4.76. The van der Waals surface area contributed by atoms with E-state index in [0.29, 0.717) is 0 Å². The average molecular weight is 297 g/mol. The molecule has 1 aromatic carbocycles. The molecule has 0 unspecified atom stereocenters. The lowest BCUT2D eigenvalue weighted by atomic mass is 10.0. The van der Waals surface area contributed by atoms with E-state index in [1.54, 1.807) is 0 Å². The lowest BCUT2D eigenvalue weighted by Gasteiger charge is -2.34. The highest BCUT2D eigenvalue weighted by atomic mass is 35.5. The number of aryl methyl sites for hydroxylation is 2. The van der Waals surface area contributed by atoms with Crippen molar-refractivity contribution in [2.24, 2.45) is 0 Å². The van der Waals surface area contributed by atoms with E-state index in [2.05, 4.69) is 49.2 Å². The van der Waals surface area contributed by atoms with Gasteiger partial charge in [-0.05, 0) is 69.4 Å². The SMILES string of the molecule is CCCN(Cc1ccc(C)c(C)c1)C1CCNCC1.Cl. The molecular formula is C17H29ClN2. The smallest absolute Gasteiger partial charge is 0.0236 e. The Balaban J connectivity index is 0.00000200. The van der Waals surface area contributed by atoms with E-state index >= 15 is 0 Å². The summed E-state index contributed by atoms with van der Waals surface area (Å²) in [5.74, 6) is 0. The van der Waals surface area contributed by atoms with Crippen molar-refractivity contribution in [1.29, 1.82) is 0 Å². The predicted octanol–water partition coefficient (Wildman–Crippen LogP) is 3.69. The molecule has 0 spiro atoms. The zero-order valence-electron chi connectivity index (χ0n) is 13.1. The van der Waals surface area contributed by atoms with Gasteiger partial charge in [0.15, 0.2) is 0 Å². The first kappa shape index (κ1) is 17.5. The van der Waals surface area contributed by atoms with Crippen molar-refractivity contribution in [2.75, 3.05) is 19.6 Å². The molecule has 0 saturated carbocycles. The fraction of sp³-hybridized carbons (Fsp3) is 0.647. The van der Waals surface area contributed by atoms with Gasteiger partial charge in [-0.15, -0.1) is 12.4 Å². The standard InChI is InChI=1S/C17H28N2.ClH/c1-4-11-19(17-7-9-18-10-8-17)13-16-6-5-14(2)15(3)12-16;/h5-6,12,17-18H,4,7-11,13H2,1-3H3;1H. The van der Waals surface area contributed by atoms with Crippen molar-refractivity contribution in [3.8, 4) is 0 Å². The average Bonchev–Trinajstić information content (AvgIpc) is 2.43. The van der Waals surface area contributed by atoms with Crippen LogP contribution in [0.15, 0.2) is 18.2 Å². The lowest BCUT2D eigenvalue weighted by molar-refractivity contribution is 0.154. The van der Waals surface area contributed by atoms with Gasteiger partial charge in [-0.2, -0.15) is 0 Å². The van der Waals surface area contributed by atoms with Gasteiger partial charge in [-0.25, -0.2) is 0 Å². The molecule has 1 aromatic rings. The van der Waals surface area contributed by atoms with Crippen LogP contribution in [0.3, 0.4) is 0 Å². The molecule has 2 rings (SSSR count). The van der Waals surface area contributed by atoms with Gasteiger partial charge in [0.2, 0.25) is 0 Å². The molecular weight excluding hydrogens is 268 g/mol. The molecule has 1 saturated heterocycles. The Morgan fingerprint density at radius 2 is 1.85 bits per heavy atom. The Bertz CT molecular complexity index is 400. The second-order valence-corrected chi connectivity index (χ2v) is 5.87. The first-order valence-electron chi connectivity index (χ1n) is 7.71. The number of benzene rings is 1. The van der Waals surface area contributed by atoms with E-state index in [1.807, 2.05) is 0 Å². The molecule has 0 aliphatic carbocycles. The molecule has 0 radical (unpaired) electrons. The molecule has 1 aliphatic heterocycles. The lowest BCUT2D eigenvalue weighted by Crippen LogP contribution is -2.43. The topological polar surface area (TPSA) is 15.3 Å². The van der Waals surface area contributed by atoms with Crippen LogP contribution < -0.4 is 5.32 Å². The summed E-state index contributed by atoms with van der Waals surface area (Å²) < 4.78 is 0. The second-order valence-electron chi connectivity index (χ2n) is 5.87. The van der Waals surface area contributed by atoms with Gasteiger partial charge in [0.05, 0.1) is 0 Å². The fourth-order valence-corrected chi connectivity index (χ4v) is 2.99. The molecule has 1 fully saturated rings. The number of nitrogens with one attached hydrogen (secondary N) is 1. The Morgan fingerprint density at radius 3 is 2.45 bits per heavy atom. The molecule has 3 heteroatoms. The zero-order valence-corrected chi connectivity index (χ0v) is 13.9. The van der Waals surface area contributed by atoms with Crippen molar-refractivity contribution in [3.63, 3.8) is 0 Å². The Morgan fingerprint density at radius 1 is 1.15 bits per heavy atom. The third-order valence-electron chi connectivity index (χ3n) is 4.29. The van der Waals surface area contributed by atoms with Crippen LogP contribution in [0.25, 0.3) is 0 Å². The van der Waals surface area contributed by atoms with Crippen molar-refractivity contribution < 1.29 is 0 Å². The Kier molecular flexibility index (Phi) is 7.57. The van der Waals surface area contributed by atoms with Crippen LogP contribution >= 0.6 is 12.4 Å². The fourth-order valence-electron chi connectivity index (χ4n) is 2.99. The number of rotatable bonds is 5. The maximum absolute atomic E-state index is 3.47. The van der Waals surface area contributed by atoms with Gasteiger partial charge in [0.25, 0.3) is 0 Å². The molecule has 114 valence electrons. The number of piperidine rings is 1. The first-order chi connectivity index (χ1) is 9.20. The van der Waals surface area contributed by atoms with Gasteiger partial charge in [-0.1, -0.05) is 25.1 Å². The summed E-state index contributed by atoms with van der Waals surface area (Å²) in [7, 11) is 0. The van der Waals surface area contributed by atoms with Crippen LogP contribution in [0.1, 0.15) is 42.9 Å². The summed E-state index contributed by atoms with van der Waals surface area (Å²) >= 11 is 0. The van der Waals surface area contributed by atoms with Crippen LogP contribution in [0, 0.1) is 13.8 Å². The summed E-state index contributed by atoms with van der Waals surface area (Å²) in [5.41, 5.74) is 4.28. The molecule has 1 aliphatic rings. The summed E-state index contributed by atoms with van der Waals surface area (Å²) in [4.78, 5) is 2.69. The number of hydrogen-bond acceptors (Lipinski definition) is 2. The highest BCUT2D eigenvalue weighted by molar-refractivity contribution is 5.85. The van der Waals surface area contributed by atoms with Crippen molar-refractivity contribution in [3.05, 3.63) is 34.9 Å². The first-order valence-corrected chi connectivity index (χ1v) is 7.71. The maximum atomic E-state index is 3.47. The van der Waals surface area contributed by atoms with Crippen molar-refractivity contribution >= 4 is 12.4 Å². The molecule has 20 heavy (non-hydrogen) atoms. The van der Waals surface area contributed by atoms with E-state index < -0.39 is 0 Å². The van der Waals surface area contributed by atoms with Crippen molar-refractivity contribution in [2.45, 2.75) is 52.6 Å². The summed E-state index contributed by atoms with van der Waals surface area (Å²) in [6.45, 7) is 11.4. The van der Waals surface area contributed by atoms with E-state index in [-0.39, 0.29) is 12.4 Å². The minimum Gasteiger partial charge on any atom is -0.317 e. The van der Waals surface area contributed by atoms with Gasteiger partial charge >= 0.3 is 0 Å². The summed E-state index contributed by atoms with van der Waals surface area (Å²) in [6.07, 6.45) is 3.84. The van der Waals surface area contributed by atoms with Crippen LogP contribution in [0.5, 0.6) is 0 Å². The van der Waals surface area contributed by atoms with E-state index in [9.17, 15) is 0 Å². The van der Waals surface area contributed by atoms with Gasteiger partial charge in [0.1, 0.15) is 0 Å². The summed E-state index contributed by atoms with van der Waals surface area (Å²) in [6, 6.07) is 7.69. The summed E-state index contributed by atoms with van der Waals surface area (Å²) in [5, 5.41) is 3.47. The minimum atomic E-state index is 0. The largest absolute Gasteiger partial charge is 0.317 e. The molecule has 0 aromatic heterocycles. The maximum Gasteiger partial charge on any atom is 0.0236 e. The molecule has 0 amide bonds. The van der Waals surface area contributed by atoms with Crippen LogP contribution in [0.2, 0.25) is 0 Å². The van der Waals surface area contributed by atoms with Gasteiger partial charge in [0, 0.05) is 12.6 Å². The molecule has 1 N–H and O–H groups in total. The number of nitrogens with zero attached hydrogens (tertiary/aromatic N) is 1. The Hall–Kier alpha value is -0.570. The van der Waals surface area contributed by atoms with Gasteiger partial charge < -0.3 is 5.32 Å². The van der Waals surface area contributed by atoms with Crippen LogP contribution in [-0.4, -0.2) is 30.6 Å². The number of halogens is 1. The molecule has 0 bridgehead atoms. The van der Waals surface area contributed by atoms with E-state index in [1.165, 1.54) is 55.6 Å². The predicted molar refractivity (Wildman–Crippen MR) is 89.8 cm³/mol. The molecule has 0 atom stereocenters. The highest BCUT2D eigenvalue weighted by Crippen LogP contribution is 2.18. The normalized spacial score (nSPS) is 16.2. The highest BCUT2D eigenvalue weighted by Gasteiger charge is 2.20. The van der Waals surface area contributed by atoms with Crippen LogP contribution in [-0.2, 0) is 6.54 Å². The van der Waals surface area contributed by atoms with Gasteiger partial charge in [-0.3, -0.25) is 4.90 Å². The minimum absolute atomic E-state index is 0. The number of hydrogen-bond donors (Lipinski definition) is 1. The third-order valence-corrected chi connectivity index (χ3v) is 4.29. The zero-order chi connectivity index (χ0) is 13.7. The molecule has 1 heterocycles. The quantitative estimate of drug-likeness (QED) is 0.891. The second kappa shape index (κ2) is 8.66. The van der Waals surface area contributed by atoms with E-state index in [4.69, 9.17) is 0 Å². The van der Waals surface area contributed by atoms with E-state index in [0.717, 1.165) is 12.6 Å². The monoisotopic (exact) mass is 296 g/mol. The van der Waals surface area contributed by atoms with Crippen molar-refractivity contribution in [1.82, 2.24) is 10.2 Å².